The third-order valence-corrected chi connectivity index (χ3v) is 6.04. The van der Waals surface area contributed by atoms with Crippen molar-refractivity contribution in [2.75, 3.05) is 52.9 Å². The van der Waals surface area contributed by atoms with Crippen LogP contribution in [0, 0.1) is 6.92 Å². The average molecular weight is 485 g/mol. The Labute approximate surface area is 205 Å². The van der Waals surface area contributed by atoms with E-state index in [1.165, 1.54) is 11.8 Å². The summed E-state index contributed by atoms with van der Waals surface area (Å²) < 4.78 is 17.9. The van der Waals surface area contributed by atoms with Gasteiger partial charge < -0.3 is 19.1 Å². The highest BCUT2D eigenvalue weighted by Gasteiger charge is 2.20. The second kappa shape index (κ2) is 13.1. The summed E-state index contributed by atoms with van der Waals surface area (Å²) in [5.74, 6) is 1.75. The summed E-state index contributed by atoms with van der Waals surface area (Å²) in [7, 11) is 3.25. The molecule has 1 amide bonds. The second-order valence-electron chi connectivity index (χ2n) is 7.59. The van der Waals surface area contributed by atoms with Gasteiger partial charge in [-0.3, -0.25) is 9.36 Å². The Morgan fingerprint density at radius 1 is 1.03 bits per heavy atom. The summed E-state index contributed by atoms with van der Waals surface area (Å²) in [6.07, 6.45) is 0. The number of methoxy groups -OCH3 is 2. The van der Waals surface area contributed by atoms with Crippen molar-refractivity contribution in [2.24, 2.45) is 0 Å². The minimum absolute atomic E-state index is 0.00236. The number of thioether (sulfide) groups is 1. The number of aryl methyl sites for hydroxylation is 1. The molecule has 0 aliphatic rings. The van der Waals surface area contributed by atoms with Crippen LogP contribution in [0.3, 0.4) is 0 Å². The van der Waals surface area contributed by atoms with Gasteiger partial charge in [0.1, 0.15) is 5.75 Å². The largest absolute Gasteiger partial charge is 0.494 e. The quantitative estimate of drug-likeness (QED) is 0.341. The Morgan fingerprint density at radius 2 is 1.74 bits per heavy atom. The van der Waals surface area contributed by atoms with Crippen LogP contribution in [0.15, 0.2) is 53.7 Å². The average Bonchev–Trinajstić information content (AvgIpc) is 3.27. The molecule has 1 heterocycles. The van der Waals surface area contributed by atoms with Crippen molar-refractivity contribution in [3.05, 3.63) is 54.1 Å². The molecule has 0 atom stereocenters. The van der Waals surface area contributed by atoms with Crippen molar-refractivity contribution in [2.45, 2.75) is 19.0 Å². The Balaban J connectivity index is 1.88. The van der Waals surface area contributed by atoms with E-state index in [0.717, 1.165) is 28.4 Å². The molecule has 3 rings (SSSR count). The Hall–Kier alpha value is -2.88. The first-order valence-electron chi connectivity index (χ1n) is 11.2. The van der Waals surface area contributed by atoms with Crippen LogP contribution in [0.1, 0.15) is 12.5 Å². The molecule has 2 aromatic carbocycles. The number of rotatable bonds is 13. The van der Waals surface area contributed by atoms with Crippen LogP contribution in [0.25, 0.3) is 17.1 Å². The zero-order chi connectivity index (χ0) is 24.3. The van der Waals surface area contributed by atoms with Gasteiger partial charge in [-0.2, -0.15) is 0 Å². The number of hydrogen-bond acceptors (Lipinski definition) is 7. The van der Waals surface area contributed by atoms with Crippen molar-refractivity contribution in [3.63, 3.8) is 0 Å². The van der Waals surface area contributed by atoms with E-state index in [1.807, 2.05) is 60.9 Å². The molecule has 0 spiro atoms. The lowest BCUT2D eigenvalue weighted by molar-refractivity contribution is -0.129. The minimum atomic E-state index is -0.00236. The maximum absolute atomic E-state index is 12.9. The molecule has 0 aliphatic carbocycles. The van der Waals surface area contributed by atoms with Gasteiger partial charge in [0, 0.05) is 38.6 Å². The molecule has 0 saturated heterocycles. The molecule has 0 N–H and O–H groups in total. The number of aromatic nitrogens is 3. The maximum Gasteiger partial charge on any atom is 0.233 e. The van der Waals surface area contributed by atoms with Gasteiger partial charge in [-0.25, -0.2) is 0 Å². The zero-order valence-electron chi connectivity index (χ0n) is 20.2. The van der Waals surface area contributed by atoms with Gasteiger partial charge in [0.25, 0.3) is 0 Å². The van der Waals surface area contributed by atoms with Crippen molar-refractivity contribution in [1.82, 2.24) is 19.7 Å². The topological polar surface area (TPSA) is 78.7 Å². The van der Waals surface area contributed by atoms with Gasteiger partial charge in [-0.1, -0.05) is 35.5 Å². The number of carbonyl (C=O) groups is 1. The summed E-state index contributed by atoms with van der Waals surface area (Å²) in [5, 5.41) is 9.56. The van der Waals surface area contributed by atoms with E-state index in [1.54, 1.807) is 19.1 Å². The number of ether oxygens (including phenoxy) is 3. The van der Waals surface area contributed by atoms with Crippen molar-refractivity contribution in [3.8, 4) is 22.8 Å². The van der Waals surface area contributed by atoms with E-state index in [9.17, 15) is 4.79 Å². The van der Waals surface area contributed by atoms with E-state index in [4.69, 9.17) is 14.2 Å². The summed E-state index contributed by atoms with van der Waals surface area (Å²) in [6.45, 7) is 6.58. The maximum atomic E-state index is 12.9. The number of nitrogens with zero attached hydrogens (tertiary/aromatic N) is 4. The van der Waals surface area contributed by atoms with Crippen LogP contribution >= 0.6 is 11.8 Å². The lowest BCUT2D eigenvalue weighted by Crippen LogP contribution is -2.37. The summed E-state index contributed by atoms with van der Waals surface area (Å²) in [4.78, 5) is 14.7. The molecule has 0 unspecified atom stereocenters. The van der Waals surface area contributed by atoms with Gasteiger partial charge in [-0.05, 0) is 44.2 Å². The van der Waals surface area contributed by atoms with Crippen LogP contribution in [0.4, 0.5) is 0 Å². The fourth-order valence-corrected chi connectivity index (χ4v) is 4.26. The van der Waals surface area contributed by atoms with Gasteiger partial charge >= 0.3 is 0 Å². The molecule has 1 aromatic heterocycles. The molecule has 0 saturated carbocycles. The first-order valence-corrected chi connectivity index (χ1v) is 12.2. The van der Waals surface area contributed by atoms with E-state index >= 15 is 0 Å². The highest BCUT2D eigenvalue weighted by atomic mass is 32.2. The van der Waals surface area contributed by atoms with Crippen molar-refractivity contribution < 1.29 is 19.0 Å². The van der Waals surface area contributed by atoms with Crippen molar-refractivity contribution >= 4 is 17.7 Å². The Bertz CT molecular complexity index is 1050. The third-order valence-electron chi connectivity index (χ3n) is 5.12. The molecule has 8 nitrogen and oxygen atoms in total. The standard InChI is InChI=1S/C25H32N4O4S/c1-5-33-22-11-9-21(10-12-22)29-24(20-8-6-7-19(2)17-20)26-27-25(29)34-18-23(30)28(13-15-31-3)14-16-32-4/h6-12,17H,5,13-16,18H2,1-4H3. The molecule has 0 radical (unpaired) electrons. The second-order valence-corrected chi connectivity index (χ2v) is 8.54. The van der Waals surface area contributed by atoms with E-state index < -0.39 is 0 Å². The van der Waals surface area contributed by atoms with Gasteiger partial charge in [0.05, 0.1) is 25.6 Å². The van der Waals surface area contributed by atoms with Gasteiger partial charge in [-0.15, -0.1) is 10.2 Å². The van der Waals surface area contributed by atoms with Crippen LogP contribution in [-0.2, 0) is 14.3 Å². The van der Waals surface area contributed by atoms with Crippen LogP contribution in [-0.4, -0.2) is 78.5 Å². The molecular weight excluding hydrogens is 452 g/mol. The van der Waals surface area contributed by atoms with E-state index in [0.29, 0.717) is 38.1 Å². The zero-order valence-corrected chi connectivity index (χ0v) is 21.0. The molecule has 182 valence electrons. The smallest absolute Gasteiger partial charge is 0.233 e. The monoisotopic (exact) mass is 484 g/mol. The predicted octanol–water partition coefficient (Wildman–Crippen LogP) is 3.85. The number of carbonyl (C=O) groups excluding carboxylic acids is 1. The fourth-order valence-electron chi connectivity index (χ4n) is 3.41. The molecular formula is C25H32N4O4S. The fraction of sp³-hybridized carbons (Fsp3) is 0.400. The molecule has 0 bridgehead atoms. The molecule has 34 heavy (non-hydrogen) atoms. The number of benzene rings is 2. The van der Waals surface area contributed by atoms with E-state index in [2.05, 4.69) is 16.3 Å². The summed E-state index contributed by atoms with van der Waals surface area (Å²) >= 11 is 1.36. The predicted molar refractivity (Wildman–Crippen MR) is 134 cm³/mol. The third kappa shape index (κ3) is 6.82. The van der Waals surface area contributed by atoms with Crippen LogP contribution < -0.4 is 4.74 Å². The molecule has 9 heteroatoms. The summed E-state index contributed by atoms with van der Waals surface area (Å²) in [6, 6.07) is 15.9. The number of hydrogen-bond donors (Lipinski definition) is 0. The molecule has 3 aromatic rings. The van der Waals surface area contributed by atoms with E-state index in [-0.39, 0.29) is 11.7 Å². The van der Waals surface area contributed by atoms with Gasteiger partial charge in [0.15, 0.2) is 11.0 Å². The molecule has 0 aliphatic heterocycles. The molecule has 0 fully saturated rings. The SMILES string of the molecule is CCOc1ccc(-n2c(SCC(=O)N(CCOC)CCOC)nnc2-c2cccc(C)c2)cc1. The van der Waals surface area contributed by atoms with Gasteiger partial charge in [0.2, 0.25) is 5.91 Å². The Kier molecular flexibility index (Phi) is 9.93. The van der Waals surface area contributed by atoms with Crippen LogP contribution in [0.5, 0.6) is 5.75 Å². The highest BCUT2D eigenvalue weighted by Crippen LogP contribution is 2.29. The Morgan fingerprint density at radius 3 is 2.35 bits per heavy atom. The van der Waals surface area contributed by atoms with Crippen molar-refractivity contribution in [1.29, 1.82) is 0 Å². The highest BCUT2D eigenvalue weighted by molar-refractivity contribution is 7.99. The normalized spacial score (nSPS) is 10.9. The summed E-state index contributed by atoms with van der Waals surface area (Å²) in [5.41, 5.74) is 2.99. The van der Waals surface area contributed by atoms with Crippen LogP contribution in [0.2, 0.25) is 0 Å². The first kappa shape index (κ1) is 25.7. The lowest BCUT2D eigenvalue weighted by Gasteiger charge is -2.21. The number of amides is 1. The lowest BCUT2D eigenvalue weighted by atomic mass is 10.1. The minimum Gasteiger partial charge on any atom is -0.494 e. The first-order chi connectivity index (χ1) is 16.6.